The van der Waals surface area contributed by atoms with Crippen molar-refractivity contribution in [2.45, 2.75) is 39.0 Å². The lowest BCUT2D eigenvalue weighted by Gasteiger charge is -2.37. The van der Waals surface area contributed by atoms with Crippen molar-refractivity contribution in [2.75, 3.05) is 20.1 Å². The van der Waals surface area contributed by atoms with Gasteiger partial charge >= 0.3 is 0 Å². The van der Waals surface area contributed by atoms with E-state index in [4.69, 9.17) is 4.74 Å². The number of morpholine rings is 1. The number of hydrogen-bond acceptors (Lipinski definition) is 3. The summed E-state index contributed by atoms with van der Waals surface area (Å²) in [5, 5.41) is 0. The summed E-state index contributed by atoms with van der Waals surface area (Å²) in [7, 11) is -2.29. The van der Waals surface area contributed by atoms with Crippen LogP contribution in [0.2, 0.25) is 0 Å². The minimum atomic E-state index is -3.73. The van der Waals surface area contributed by atoms with Gasteiger partial charge in [0.1, 0.15) is 0 Å². The molecule has 0 radical (unpaired) electrons. The van der Waals surface area contributed by atoms with Gasteiger partial charge in [-0.1, -0.05) is 6.07 Å². The molecule has 1 fully saturated rings. The van der Waals surface area contributed by atoms with E-state index in [-0.39, 0.29) is 25.3 Å². The van der Waals surface area contributed by atoms with E-state index >= 15 is 0 Å². The summed E-state index contributed by atoms with van der Waals surface area (Å²) in [6.45, 7) is 5.80. The molecule has 23 heavy (non-hydrogen) atoms. The van der Waals surface area contributed by atoms with Gasteiger partial charge < -0.3 is 4.74 Å². The van der Waals surface area contributed by atoms with Crippen molar-refractivity contribution in [1.82, 2.24) is 8.61 Å². The van der Waals surface area contributed by atoms with E-state index in [1.807, 2.05) is 13.8 Å². The van der Waals surface area contributed by atoms with E-state index in [0.29, 0.717) is 5.56 Å². The van der Waals surface area contributed by atoms with Gasteiger partial charge in [-0.2, -0.15) is 17.0 Å². The highest BCUT2D eigenvalue weighted by Gasteiger charge is 2.35. The van der Waals surface area contributed by atoms with Crippen molar-refractivity contribution >= 4 is 10.2 Å². The van der Waals surface area contributed by atoms with Crippen LogP contribution in [-0.4, -0.2) is 49.4 Å². The topological polar surface area (TPSA) is 49.9 Å². The molecule has 3 atom stereocenters. The summed E-state index contributed by atoms with van der Waals surface area (Å²) in [6, 6.07) is 2.79. The summed E-state index contributed by atoms with van der Waals surface area (Å²) < 4.78 is 60.1. The minimum absolute atomic E-state index is 0.194. The molecule has 0 saturated carbocycles. The Bertz CT molecular complexity index is 659. The Balaban J connectivity index is 2.23. The highest BCUT2D eigenvalue weighted by atomic mass is 32.2. The van der Waals surface area contributed by atoms with Crippen LogP contribution in [0.5, 0.6) is 0 Å². The molecule has 0 bridgehead atoms. The Morgan fingerprint density at radius 2 is 1.78 bits per heavy atom. The lowest BCUT2D eigenvalue weighted by molar-refractivity contribution is -0.0455. The van der Waals surface area contributed by atoms with Crippen molar-refractivity contribution in [3.63, 3.8) is 0 Å². The summed E-state index contributed by atoms with van der Waals surface area (Å²) in [6.07, 6.45) is -0.388. The SMILES string of the molecule is CC1CN(S(=O)(=O)N(C)C(C)c2ccc(F)c(F)c2)CC(C)O1. The fourth-order valence-corrected chi connectivity index (χ4v) is 4.37. The molecule has 1 aliphatic heterocycles. The van der Waals surface area contributed by atoms with Gasteiger partial charge in [-0.25, -0.2) is 8.78 Å². The Labute approximate surface area is 136 Å². The van der Waals surface area contributed by atoms with E-state index in [0.717, 1.165) is 12.1 Å². The molecule has 0 spiro atoms. The van der Waals surface area contributed by atoms with Crippen LogP contribution in [0.25, 0.3) is 0 Å². The summed E-state index contributed by atoms with van der Waals surface area (Å²) in [4.78, 5) is 0. The molecule has 1 saturated heterocycles. The van der Waals surface area contributed by atoms with Gasteiger partial charge in [0.2, 0.25) is 0 Å². The molecular weight excluding hydrogens is 326 g/mol. The van der Waals surface area contributed by atoms with Gasteiger partial charge in [0, 0.05) is 26.2 Å². The van der Waals surface area contributed by atoms with Gasteiger partial charge in [0.25, 0.3) is 10.2 Å². The lowest BCUT2D eigenvalue weighted by atomic mass is 10.1. The first-order valence-corrected chi connectivity index (χ1v) is 8.86. The Hall–Kier alpha value is -1.09. The first-order valence-electron chi connectivity index (χ1n) is 7.46. The Morgan fingerprint density at radius 3 is 2.30 bits per heavy atom. The molecule has 1 aliphatic rings. The molecule has 5 nitrogen and oxygen atoms in total. The third-order valence-electron chi connectivity index (χ3n) is 4.05. The monoisotopic (exact) mass is 348 g/mol. The fourth-order valence-electron chi connectivity index (χ4n) is 2.68. The average molecular weight is 348 g/mol. The van der Waals surface area contributed by atoms with Crippen LogP contribution in [0.15, 0.2) is 18.2 Å². The fraction of sp³-hybridized carbons (Fsp3) is 0.600. The largest absolute Gasteiger partial charge is 0.373 e. The van der Waals surface area contributed by atoms with Gasteiger partial charge in [-0.05, 0) is 38.5 Å². The Kier molecular flexibility index (Phi) is 5.40. The van der Waals surface area contributed by atoms with Crippen molar-refractivity contribution in [3.05, 3.63) is 35.4 Å². The molecule has 0 aromatic heterocycles. The van der Waals surface area contributed by atoms with Crippen molar-refractivity contribution in [1.29, 1.82) is 0 Å². The lowest BCUT2D eigenvalue weighted by Crippen LogP contribution is -2.52. The predicted octanol–water partition coefficient (Wildman–Crippen LogP) is 2.31. The molecule has 0 amide bonds. The molecule has 130 valence electrons. The third kappa shape index (κ3) is 3.88. The van der Waals surface area contributed by atoms with Gasteiger partial charge in [0.05, 0.1) is 12.2 Å². The average Bonchev–Trinajstić information content (AvgIpc) is 2.47. The summed E-state index contributed by atoms with van der Waals surface area (Å²) >= 11 is 0. The second-order valence-electron chi connectivity index (χ2n) is 5.95. The predicted molar refractivity (Wildman–Crippen MR) is 83.0 cm³/mol. The first kappa shape index (κ1) is 18.3. The molecule has 0 aliphatic carbocycles. The zero-order valence-corrected chi connectivity index (χ0v) is 14.5. The van der Waals surface area contributed by atoms with Gasteiger partial charge in [0.15, 0.2) is 11.6 Å². The van der Waals surface area contributed by atoms with Crippen molar-refractivity contribution in [3.8, 4) is 0 Å². The maximum absolute atomic E-state index is 13.4. The molecule has 0 N–H and O–H groups in total. The standard InChI is InChI=1S/C15H22F2N2O3S/c1-10-8-19(9-11(2)22-10)23(20,21)18(4)12(3)13-5-6-14(16)15(17)7-13/h5-7,10-12H,8-9H2,1-4H3. The van der Waals surface area contributed by atoms with E-state index in [2.05, 4.69) is 0 Å². The molecular formula is C15H22F2N2O3S. The molecule has 1 heterocycles. The highest BCUT2D eigenvalue weighted by molar-refractivity contribution is 7.86. The number of ether oxygens (including phenoxy) is 1. The van der Waals surface area contributed by atoms with Crippen LogP contribution in [-0.2, 0) is 14.9 Å². The molecule has 8 heteroatoms. The van der Waals surface area contributed by atoms with E-state index < -0.39 is 27.9 Å². The number of hydrogen-bond donors (Lipinski definition) is 0. The minimum Gasteiger partial charge on any atom is -0.373 e. The normalized spacial score (nSPS) is 24.8. The first-order chi connectivity index (χ1) is 10.6. The highest BCUT2D eigenvalue weighted by Crippen LogP contribution is 2.26. The summed E-state index contributed by atoms with van der Waals surface area (Å²) in [5.74, 6) is -1.95. The van der Waals surface area contributed by atoms with Crippen LogP contribution in [0.1, 0.15) is 32.4 Å². The third-order valence-corrected chi connectivity index (χ3v) is 6.04. The van der Waals surface area contributed by atoms with Crippen LogP contribution in [0.3, 0.4) is 0 Å². The zero-order chi connectivity index (χ0) is 17.4. The molecule has 1 aromatic carbocycles. The van der Waals surface area contributed by atoms with Crippen molar-refractivity contribution < 1.29 is 21.9 Å². The quantitative estimate of drug-likeness (QED) is 0.839. The maximum atomic E-state index is 13.4. The molecule has 2 rings (SSSR count). The molecule has 3 unspecified atom stereocenters. The van der Waals surface area contributed by atoms with E-state index in [9.17, 15) is 17.2 Å². The smallest absolute Gasteiger partial charge is 0.282 e. The number of rotatable bonds is 4. The van der Waals surface area contributed by atoms with Crippen LogP contribution in [0, 0.1) is 11.6 Å². The van der Waals surface area contributed by atoms with Crippen LogP contribution >= 0.6 is 0 Å². The van der Waals surface area contributed by atoms with E-state index in [1.165, 1.54) is 21.7 Å². The second-order valence-corrected chi connectivity index (χ2v) is 7.94. The number of benzene rings is 1. The van der Waals surface area contributed by atoms with Crippen molar-refractivity contribution in [2.24, 2.45) is 0 Å². The zero-order valence-electron chi connectivity index (χ0n) is 13.7. The number of halogens is 2. The van der Waals surface area contributed by atoms with Crippen LogP contribution in [0.4, 0.5) is 8.78 Å². The van der Waals surface area contributed by atoms with Gasteiger partial charge in [-0.15, -0.1) is 0 Å². The second kappa shape index (κ2) is 6.80. The Morgan fingerprint density at radius 1 is 1.22 bits per heavy atom. The summed E-state index contributed by atoms with van der Waals surface area (Å²) in [5.41, 5.74) is 0.393. The molecule has 1 aromatic rings. The maximum Gasteiger partial charge on any atom is 0.282 e. The van der Waals surface area contributed by atoms with Crippen LogP contribution < -0.4 is 0 Å². The van der Waals surface area contributed by atoms with E-state index in [1.54, 1.807) is 6.92 Å². The van der Waals surface area contributed by atoms with Gasteiger partial charge in [-0.3, -0.25) is 0 Å². The number of nitrogens with zero attached hydrogens (tertiary/aromatic N) is 2.